The summed E-state index contributed by atoms with van der Waals surface area (Å²) in [5.41, 5.74) is 0.574. The fourth-order valence-corrected chi connectivity index (χ4v) is 2.54. The number of rotatable bonds is 5. The number of nitrogens with zero attached hydrogens (tertiary/aromatic N) is 3. The largest absolute Gasteiger partial charge is 0.366 e. The van der Waals surface area contributed by atoms with Gasteiger partial charge in [-0.25, -0.2) is 9.97 Å². The van der Waals surface area contributed by atoms with E-state index in [1.807, 2.05) is 6.26 Å². The van der Waals surface area contributed by atoms with Gasteiger partial charge in [-0.15, -0.1) is 11.8 Å². The molecule has 0 aromatic carbocycles. The van der Waals surface area contributed by atoms with Gasteiger partial charge in [0.05, 0.1) is 0 Å². The Morgan fingerprint density at radius 3 is 2.76 bits per heavy atom. The fraction of sp³-hybridized carbons (Fsp3) is 0.545. The van der Waals surface area contributed by atoms with Crippen molar-refractivity contribution in [3.05, 3.63) is 5.56 Å². The van der Waals surface area contributed by atoms with Crippen LogP contribution in [0.2, 0.25) is 0 Å². The molecule has 1 aliphatic carbocycles. The molecule has 0 bridgehead atoms. The minimum atomic E-state index is 0.492. The van der Waals surface area contributed by atoms with Crippen LogP contribution < -0.4 is 5.32 Å². The van der Waals surface area contributed by atoms with Crippen LogP contribution in [0.4, 0.5) is 5.82 Å². The van der Waals surface area contributed by atoms with E-state index in [9.17, 15) is 5.26 Å². The van der Waals surface area contributed by atoms with E-state index in [4.69, 9.17) is 0 Å². The number of hydrogen-bond donors (Lipinski definition) is 1. The molecule has 0 aliphatic heterocycles. The molecule has 0 amide bonds. The molecule has 1 aliphatic rings. The molecule has 0 unspecified atom stereocenters. The number of nitrogens with one attached hydrogen (secondary N) is 1. The average molecular weight is 266 g/mol. The Morgan fingerprint density at radius 1 is 1.47 bits per heavy atom. The van der Waals surface area contributed by atoms with Crippen LogP contribution in [0.25, 0.3) is 0 Å². The van der Waals surface area contributed by atoms with Crippen LogP contribution in [0, 0.1) is 11.3 Å². The van der Waals surface area contributed by atoms with Crippen molar-refractivity contribution in [1.82, 2.24) is 9.97 Å². The SMILES string of the molecule is CCSc1nc(NC2CC2)c(C#N)c(SC)n1. The lowest BCUT2D eigenvalue weighted by atomic mass is 10.3. The molecule has 1 saturated carbocycles. The second-order valence-electron chi connectivity index (χ2n) is 3.70. The van der Waals surface area contributed by atoms with E-state index in [1.54, 1.807) is 11.8 Å². The Balaban J connectivity index is 2.37. The lowest BCUT2D eigenvalue weighted by molar-refractivity contribution is 0.878. The van der Waals surface area contributed by atoms with E-state index in [2.05, 4.69) is 28.3 Å². The van der Waals surface area contributed by atoms with Gasteiger partial charge in [0.25, 0.3) is 0 Å². The van der Waals surface area contributed by atoms with Crippen LogP contribution in [0.15, 0.2) is 10.2 Å². The molecule has 1 fully saturated rings. The van der Waals surface area contributed by atoms with Gasteiger partial charge in [-0.2, -0.15) is 5.26 Å². The van der Waals surface area contributed by atoms with Crippen molar-refractivity contribution < 1.29 is 0 Å². The van der Waals surface area contributed by atoms with Crippen molar-refractivity contribution in [2.75, 3.05) is 17.3 Å². The molecule has 17 heavy (non-hydrogen) atoms. The topological polar surface area (TPSA) is 61.6 Å². The summed E-state index contributed by atoms with van der Waals surface area (Å²) in [5.74, 6) is 1.63. The summed E-state index contributed by atoms with van der Waals surface area (Å²) >= 11 is 3.10. The summed E-state index contributed by atoms with van der Waals surface area (Å²) in [6.07, 6.45) is 4.27. The van der Waals surface area contributed by atoms with Crippen molar-refractivity contribution in [3.8, 4) is 6.07 Å². The Bertz CT molecular complexity index is 452. The lowest BCUT2D eigenvalue weighted by Gasteiger charge is -2.10. The molecule has 4 nitrogen and oxygen atoms in total. The maximum atomic E-state index is 9.19. The van der Waals surface area contributed by atoms with Gasteiger partial charge in [0, 0.05) is 6.04 Å². The zero-order chi connectivity index (χ0) is 12.3. The fourth-order valence-electron chi connectivity index (χ4n) is 1.39. The number of aromatic nitrogens is 2. The number of anilines is 1. The van der Waals surface area contributed by atoms with Crippen molar-refractivity contribution in [1.29, 1.82) is 5.26 Å². The Kier molecular flexibility index (Phi) is 4.13. The third-order valence-electron chi connectivity index (χ3n) is 2.35. The zero-order valence-electron chi connectivity index (χ0n) is 9.86. The van der Waals surface area contributed by atoms with Crippen molar-refractivity contribution in [2.45, 2.75) is 36.0 Å². The average Bonchev–Trinajstić information content (AvgIpc) is 3.13. The van der Waals surface area contributed by atoms with Crippen LogP contribution in [0.3, 0.4) is 0 Å². The van der Waals surface area contributed by atoms with Gasteiger partial charge in [-0.05, 0) is 24.9 Å². The van der Waals surface area contributed by atoms with Crippen LogP contribution in [-0.2, 0) is 0 Å². The molecule has 0 saturated heterocycles. The second-order valence-corrected chi connectivity index (χ2v) is 5.73. The summed E-state index contributed by atoms with van der Waals surface area (Å²) in [5, 5.41) is 14.0. The highest BCUT2D eigenvalue weighted by Crippen LogP contribution is 2.30. The molecular weight excluding hydrogens is 252 g/mol. The molecular formula is C11H14N4S2. The smallest absolute Gasteiger partial charge is 0.190 e. The van der Waals surface area contributed by atoms with Gasteiger partial charge < -0.3 is 5.32 Å². The van der Waals surface area contributed by atoms with Crippen LogP contribution in [0.1, 0.15) is 25.3 Å². The Hall–Kier alpha value is -0.930. The third kappa shape index (κ3) is 3.05. The number of hydrogen-bond acceptors (Lipinski definition) is 6. The first-order valence-corrected chi connectivity index (χ1v) is 7.75. The van der Waals surface area contributed by atoms with Gasteiger partial charge in [0.2, 0.25) is 0 Å². The molecule has 0 atom stereocenters. The van der Waals surface area contributed by atoms with Gasteiger partial charge in [0.15, 0.2) is 5.16 Å². The molecule has 1 N–H and O–H groups in total. The molecule has 90 valence electrons. The van der Waals surface area contributed by atoms with Crippen molar-refractivity contribution in [2.24, 2.45) is 0 Å². The van der Waals surface area contributed by atoms with Crippen LogP contribution in [0.5, 0.6) is 0 Å². The van der Waals surface area contributed by atoms with E-state index in [-0.39, 0.29) is 0 Å². The first kappa shape index (κ1) is 12.5. The second kappa shape index (κ2) is 5.61. The van der Waals surface area contributed by atoms with E-state index in [0.717, 1.165) is 15.9 Å². The van der Waals surface area contributed by atoms with Crippen molar-refractivity contribution in [3.63, 3.8) is 0 Å². The maximum absolute atomic E-state index is 9.19. The zero-order valence-corrected chi connectivity index (χ0v) is 11.5. The summed E-state index contributed by atoms with van der Waals surface area (Å²) < 4.78 is 0. The van der Waals surface area contributed by atoms with Gasteiger partial charge >= 0.3 is 0 Å². The number of nitriles is 1. The summed E-state index contributed by atoms with van der Waals surface area (Å²) in [7, 11) is 0. The quantitative estimate of drug-likeness (QED) is 0.502. The van der Waals surface area contributed by atoms with E-state index < -0.39 is 0 Å². The normalized spacial score (nSPS) is 14.4. The minimum Gasteiger partial charge on any atom is -0.366 e. The molecule has 0 spiro atoms. The van der Waals surface area contributed by atoms with Crippen LogP contribution >= 0.6 is 23.5 Å². The summed E-state index contributed by atoms with van der Waals surface area (Å²) in [6.45, 7) is 2.07. The van der Waals surface area contributed by atoms with Crippen LogP contribution in [-0.4, -0.2) is 28.0 Å². The lowest BCUT2D eigenvalue weighted by Crippen LogP contribution is -2.08. The van der Waals surface area contributed by atoms with Gasteiger partial charge in [-0.3, -0.25) is 0 Å². The van der Waals surface area contributed by atoms with Gasteiger partial charge in [-0.1, -0.05) is 18.7 Å². The maximum Gasteiger partial charge on any atom is 0.190 e. The van der Waals surface area contributed by atoms with Crippen molar-refractivity contribution >= 4 is 29.3 Å². The summed E-state index contributed by atoms with van der Waals surface area (Å²) in [4.78, 5) is 8.82. The Morgan fingerprint density at radius 2 is 2.24 bits per heavy atom. The van der Waals surface area contributed by atoms with E-state index in [0.29, 0.717) is 17.4 Å². The van der Waals surface area contributed by atoms with Gasteiger partial charge in [0.1, 0.15) is 22.5 Å². The van der Waals surface area contributed by atoms with E-state index in [1.165, 1.54) is 24.6 Å². The minimum absolute atomic E-state index is 0.492. The monoisotopic (exact) mass is 266 g/mol. The Labute approximate surface area is 110 Å². The molecule has 1 aromatic rings. The highest BCUT2D eigenvalue weighted by molar-refractivity contribution is 7.99. The highest BCUT2D eigenvalue weighted by Gasteiger charge is 2.24. The third-order valence-corrected chi connectivity index (χ3v) is 3.76. The van der Waals surface area contributed by atoms with E-state index >= 15 is 0 Å². The first-order chi connectivity index (χ1) is 8.28. The highest BCUT2D eigenvalue weighted by atomic mass is 32.2. The molecule has 1 aromatic heterocycles. The summed E-state index contributed by atoms with van der Waals surface area (Å²) in [6, 6.07) is 2.69. The first-order valence-electron chi connectivity index (χ1n) is 5.54. The predicted octanol–water partition coefficient (Wildman–Crippen LogP) is 2.76. The molecule has 2 rings (SSSR count). The molecule has 1 heterocycles. The standard InChI is InChI=1S/C11H14N4S2/c1-3-17-11-14-9(13-7-4-5-7)8(6-12)10(15-11)16-2/h7H,3-5H2,1-2H3,(H,13,14,15). The predicted molar refractivity (Wildman–Crippen MR) is 71.6 cm³/mol. The molecule has 0 radical (unpaired) electrons. The number of thioether (sulfide) groups is 2. The molecule has 6 heteroatoms.